The third-order valence-electron chi connectivity index (χ3n) is 3.83. The van der Waals surface area contributed by atoms with Crippen LogP contribution in [0, 0.1) is 10.1 Å². The SMILES string of the molecule is O=[N+]([O-])c1ccc(-c2noc(-c3ccc(COc4ccc(Br)cc4)o3)n2)cc1. The molecule has 2 aromatic carbocycles. The fraction of sp³-hybridized carbons (Fsp3) is 0.0526. The molecule has 0 fully saturated rings. The van der Waals surface area contributed by atoms with Gasteiger partial charge in [0.2, 0.25) is 5.82 Å². The van der Waals surface area contributed by atoms with E-state index in [2.05, 4.69) is 26.1 Å². The van der Waals surface area contributed by atoms with Crippen LogP contribution in [0.3, 0.4) is 0 Å². The quantitative estimate of drug-likeness (QED) is 0.297. The van der Waals surface area contributed by atoms with Crippen LogP contribution in [-0.4, -0.2) is 15.1 Å². The lowest BCUT2D eigenvalue weighted by Gasteiger charge is -2.03. The normalized spacial score (nSPS) is 10.8. The topological polar surface area (TPSA) is 104 Å². The number of halogens is 1. The number of ether oxygens (including phenoxy) is 1. The Labute approximate surface area is 167 Å². The molecule has 9 heteroatoms. The van der Waals surface area contributed by atoms with Crippen LogP contribution >= 0.6 is 15.9 Å². The van der Waals surface area contributed by atoms with Gasteiger partial charge in [-0.25, -0.2) is 0 Å². The molecule has 0 N–H and O–H groups in total. The Morgan fingerprint density at radius 3 is 2.50 bits per heavy atom. The molecule has 28 heavy (non-hydrogen) atoms. The highest BCUT2D eigenvalue weighted by atomic mass is 79.9. The van der Waals surface area contributed by atoms with E-state index in [4.69, 9.17) is 13.7 Å². The van der Waals surface area contributed by atoms with E-state index in [9.17, 15) is 10.1 Å². The van der Waals surface area contributed by atoms with Gasteiger partial charge in [-0.3, -0.25) is 10.1 Å². The largest absolute Gasteiger partial charge is 0.486 e. The lowest BCUT2D eigenvalue weighted by Crippen LogP contribution is -1.93. The van der Waals surface area contributed by atoms with E-state index in [-0.39, 0.29) is 18.2 Å². The Morgan fingerprint density at radius 1 is 1.04 bits per heavy atom. The van der Waals surface area contributed by atoms with Gasteiger partial charge in [-0.1, -0.05) is 21.1 Å². The standard InChI is InChI=1S/C19H12BrN3O5/c20-13-3-7-15(8-4-13)26-11-16-9-10-17(27-16)19-21-18(22-28-19)12-1-5-14(6-2-12)23(24)25/h1-10H,11H2. The molecular weight excluding hydrogens is 430 g/mol. The highest BCUT2D eigenvalue weighted by molar-refractivity contribution is 9.10. The first-order chi connectivity index (χ1) is 13.6. The first-order valence-electron chi connectivity index (χ1n) is 8.14. The molecule has 4 rings (SSSR count). The summed E-state index contributed by atoms with van der Waals surface area (Å²) in [5.74, 6) is 2.26. The predicted octanol–water partition coefficient (Wildman–Crippen LogP) is 5.25. The van der Waals surface area contributed by atoms with E-state index >= 15 is 0 Å². The van der Waals surface area contributed by atoms with Crippen LogP contribution in [-0.2, 0) is 6.61 Å². The number of furan rings is 1. The third kappa shape index (κ3) is 3.94. The van der Waals surface area contributed by atoms with Gasteiger partial charge in [0.05, 0.1) is 4.92 Å². The molecule has 0 amide bonds. The lowest BCUT2D eigenvalue weighted by molar-refractivity contribution is -0.384. The maximum Gasteiger partial charge on any atom is 0.293 e. The minimum atomic E-state index is -0.466. The first-order valence-corrected chi connectivity index (χ1v) is 8.94. The smallest absolute Gasteiger partial charge is 0.293 e. The molecule has 2 aromatic heterocycles. The van der Waals surface area contributed by atoms with Gasteiger partial charge in [0.1, 0.15) is 18.1 Å². The van der Waals surface area contributed by atoms with Crippen molar-refractivity contribution >= 4 is 21.6 Å². The van der Waals surface area contributed by atoms with E-state index < -0.39 is 4.92 Å². The summed E-state index contributed by atoms with van der Waals surface area (Å²) in [6, 6.07) is 16.9. The van der Waals surface area contributed by atoms with Crippen LogP contribution in [0.15, 0.2) is 74.1 Å². The van der Waals surface area contributed by atoms with Gasteiger partial charge in [0, 0.05) is 22.2 Å². The van der Waals surface area contributed by atoms with Crippen molar-refractivity contribution in [2.75, 3.05) is 0 Å². The molecule has 0 aliphatic rings. The monoisotopic (exact) mass is 441 g/mol. The average molecular weight is 442 g/mol. The molecule has 140 valence electrons. The van der Waals surface area contributed by atoms with Crippen LogP contribution < -0.4 is 4.74 Å². The minimum absolute atomic E-state index is 0.00563. The van der Waals surface area contributed by atoms with Crippen molar-refractivity contribution in [2.45, 2.75) is 6.61 Å². The Balaban J connectivity index is 1.45. The van der Waals surface area contributed by atoms with E-state index in [1.165, 1.54) is 12.1 Å². The van der Waals surface area contributed by atoms with Crippen molar-refractivity contribution in [2.24, 2.45) is 0 Å². The van der Waals surface area contributed by atoms with Crippen molar-refractivity contribution in [3.05, 3.63) is 81.0 Å². The summed E-state index contributed by atoms with van der Waals surface area (Å²) in [5, 5.41) is 14.6. The Bertz CT molecular complexity index is 1100. The van der Waals surface area contributed by atoms with Crippen LogP contribution in [0.4, 0.5) is 5.69 Å². The highest BCUT2D eigenvalue weighted by Crippen LogP contribution is 2.26. The highest BCUT2D eigenvalue weighted by Gasteiger charge is 2.15. The lowest BCUT2D eigenvalue weighted by atomic mass is 10.2. The van der Waals surface area contributed by atoms with E-state index in [1.807, 2.05) is 24.3 Å². The molecule has 4 aromatic rings. The van der Waals surface area contributed by atoms with Gasteiger partial charge in [-0.05, 0) is 48.5 Å². The Kier molecular flexibility index (Phi) is 4.90. The summed E-state index contributed by atoms with van der Waals surface area (Å²) >= 11 is 3.37. The van der Waals surface area contributed by atoms with Gasteiger partial charge in [-0.2, -0.15) is 4.98 Å². The molecule has 0 saturated heterocycles. The molecule has 0 radical (unpaired) electrons. The third-order valence-corrected chi connectivity index (χ3v) is 4.36. The van der Waals surface area contributed by atoms with Crippen LogP contribution in [0.5, 0.6) is 5.75 Å². The summed E-state index contributed by atoms with van der Waals surface area (Å²) in [5.41, 5.74) is 0.597. The van der Waals surface area contributed by atoms with Crippen molar-refractivity contribution in [3.63, 3.8) is 0 Å². The van der Waals surface area contributed by atoms with Gasteiger partial charge in [0.15, 0.2) is 5.76 Å². The fourth-order valence-corrected chi connectivity index (χ4v) is 2.69. The Hall–Kier alpha value is -3.46. The van der Waals surface area contributed by atoms with Crippen LogP contribution in [0.25, 0.3) is 23.0 Å². The molecule has 0 bridgehead atoms. The second kappa shape index (κ2) is 7.65. The van der Waals surface area contributed by atoms with Crippen molar-refractivity contribution in [3.8, 4) is 28.8 Å². The number of rotatable bonds is 6. The summed E-state index contributed by atoms with van der Waals surface area (Å²) in [7, 11) is 0. The average Bonchev–Trinajstić information content (AvgIpc) is 3.37. The van der Waals surface area contributed by atoms with Gasteiger partial charge in [0.25, 0.3) is 11.6 Å². The molecule has 0 spiro atoms. The van der Waals surface area contributed by atoms with Crippen molar-refractivity contribution in [1.82, 2.24) is 10.1 Å². The summed E-state index contributed by atoms with van der Waals surface area (Å²) in [6.07, 6.45) is 0. The van der Waals surface area contributed by atoms with Gasteiger partial charge >= 0.3 is 0 Å². The molecule has 0 saturated carbocycles. The number of benzene rings is 2. The van der Waals surface area contributed by atoms with Crippen LogP contribution in [0.2, 0.25) is 0 Å². The zero-order chi connectivity index (χ0) is 19.5. The van der Waals surface area contributed by atoms with Crippen molar-refractivity contribution in [1.29, 1.82) is 0 Å². The molecule has 2 heterocycles. The zero-order valence-corrected chi connectivity index (χ0v) is 15.8. The maximum atomic E-state index is 10.7. The fourth-order valence-electron chi connectivity index (χ4n) is 2.43. The van der Waals surface area contributed by atoms with Crippen LogP contribution in [0.1, 0.15) is 5.76 Å². The molecule has 0 aliphatic carbocycles. The molecule has 0 atom stereocenters. The first kappa shape index (κ1) is 17.9. The molecular formula is C19H12BrN3O5. The second-order valence-corrected chi connectivity index (χ2v) is 6.65. The number of nitro groups is 1. The van der Waals surface area contributed by atoms with E-state index in [0.717, 1.165) is 10.2 Å². The number of non-ortho nitro benzene ring substituents is 1. The number of hydrogen-bond acceptors (Lipinski definition) is 7. The number of nitrogens with zero attached hydrogens (tertiary/aromatic N) is 3. The summed E-state index contributed by atoms with van der Waals surface area (Å²) in [6.45, 7) is 0.255. The number of nitro benzene ring substituents is 1. The summed E-state index contributed by atoms with van der Waals surface area (Å²) in [4.78, 5) is 14.5. The minimum Gasteiger partial charge on any atom is -0.486 e. The van der Waals surface area contributed by atoms with E-state index in [1.54, 1.807) is 24.3 Å². The van der Waals surface area contributed by atoms with Crippen molar-refractivity contribution < 1.29 is 18.6 Å². The second-order valence-electron chi connectivity index (χ2n) is 5.74. The maximum absolute atomic E-state index is 10.7. The van der Waals surface area contributed by atoms with Gasteiger partial charge in [-0.15, -0.1) is 0 Å². The molecule has 8 nitrogen and oxygen atoms in total. The predicted molar refractivity (Wildman–Crippen MR) is 103 cm³/mol. The number of hydrogen-bond donors (Lipinski definition) is 0. The van der Waals surface area contributed by atoms with Gasteiger partial charge < -0.3 is 13.7 Å². The molecule has 0 aliphatic heterocycles. The van der Waals surface area contributed by atoms with E-state index in [0.29, 0.717) is 22.9 Å². The Morgan fingerprint density at radius 2 is 1.79 bits per heavy atom. The summed E-state index contributed by atoms with van der Waals surface area (Å²) < 4.78 is 17.6. The number of aromatic nitrogens is 2. The zero-order valence-electron chi connectivity index (χ0n) is 14.2. The molecule has 0 unspecified atom stereocenters.